The molecule has 154 valence electrons. The van der Waals surface area contributed by atoms with Crippen molar-refractivity contribution in [2.24, 2.45) is 4.99 Å². The molecule has 1 aliphatic rings. The molecular weight excluding hydrogens is 376 g/mol. The number of aromatic hydroxyl groups is 1. The first kappa shape index (κ1) is 20.0. The number of hydrogen-bond donors (Lipinski definition) is 2. The lowest BCUT2D eigenvalue weighted by molar-refractivity contribution is 0.360. The van der Waals surface area contributed by atoms with Crippen molar-refractivity contribution in [3.63, 3.8) is 0 Å². The Labute approximate surface area is 177 Å². The topological polar surface area (TPSA) is 63.1 Å². The number of aryl methyl sites for hydroxylation is 1. The van der Waals surface area contributed by atoms with Gasteiger partial charge in [-0.1, -0.05) is 42.0 Å². The van der Waals surface area contributed by atoms with Crippen molar-refractivity contribution >= 4 is 5.71 Å². The monoisotopic (exact) mass is 402 g/mol. The molecule has 5 heteroatoms. The van der Waals surface area contributed by atoms with Gasteiger partial charge >= 0.3 is 0 Å². The van der Waals surface area contributed by atoms with Crippen LogP contribution in [0.3, 0.4) is 0 Å². The number of methoxy groups -OCH3 is 2. The predicted molar refractivity (Wildman–Crippen MR) is 119 cm³/mol. The van der Waals surface area contributed by atoms with Crippen molar-refractivity contribution in [1.29, 1.82) is 0 Å². The van der Waals surface area contributed by atoms with E-state index < -0.39 is 0 Å². The maximum absolute atomic E-state index is 10.7. The summed E-state index contributed by atoms with van der Waals surface area (Å²) in [6.07, 6.45) is 0.433. The number of benzene rings is 3. The first-order chi connectivity index (χ1) is 14.6. The molecule has 2 atom stereocenters. The maximum atomic E-state index is 10.7. The zero-order valence-electron chi connectivity index (χ0n) is 17.4. The smallest absolute Gasteiger partial charge is 0.162 e. The van der Waals surface area contributed by atoms with Gasteiger partial charge in [-0.3, -0.25) is 10.3 Å². The van der Waals surface area contributed by atoms with Gasteiger partial charge in [0.15, 0.2) is 11.5 Å². The number of phenolic OH excluding ortho intramolecular Hbond substituents is 1. The highest BCUT2D eigenvalue weighted by Gasteiger charge is 2.28. The molecule has 0 saturated heterocycles. The molecule has 0 aromatic heterocycles. The van der Waals surface area contributed by atoms with Gasteiger partial charge in [0.2, 0.25) is 0 Å². The number of rotatable bonds is 5. The lowest BCUT2D eigenvalue weighted by Gasteiger charge is -2.31. The lowest BCUT2D eigenvalue weighted by atomic mass is 9.93. The van der Waals surface area contributed by atoms with Crippen LogP contribution in [0.2, 0.25) is 0 Å². The van der Waals surface area contributed by atoms with Crippen molar-refractivity contribution in [2.75, 3.05) is 14.2 Å². The molecule has 0 spiro atoms. The standard InChI is InChI=1S/C25H26N2O3/c1-16-7-9-18(10-8-16)25-26-21(17-11-13-19(29-2)14-12-17)15-22(27-25)20-5-4-6-23(30-3)24(20)28/h4-14,22,25,27-28H,15H2,1-3H3. The number of nitrogens with zero attached hydrogens (tertiary/aromatic N) is 1. The van der Waals surface area contributed by atoms with Crippen LogP contribution in [-0.4, -0.2) is 25.0 Å². The van der Waals surface area contributed by atoms with E-state index in [1.165, 1.54) is 5.56 Å². The van der Waals surface area contributed by atoms with Crippen molar-refractivity contribution in [3.05, 3.63) is 89.0 Å². The summed E-state index contributed by atoms with van der Waals surface area (Å²) >= 11 is 0. The van der Waals surface area contributed by atoms with E-state index in [4.69, 9.17) is 14.5 Å². The predicted octanol–water partition coefficient (Wildman–Crippen LogP) is 4.94. The minimum absolute atomic E-state index is 0.110. The van der Waals surface area contributed by atoms with Crippen LogP contribution in [0.4, 0.5) is 0 Å². The normalized spacial score (nSPS) is 18.6. The molecule has 2 N–H and O–H groups in total. The molecule has 4 rings (SSSR count). The van der Waals surface area contributed by atoms with Gasteiger partial charge in [-0.2, -0.15) is 0 Å². The second-order valence-corrected chi connectivity index (χ2v) is 7.44. The average molecular weight is 402 g/mol. The highest BCUT2D eigenvalue weighted by molar-refractivity contribution is 6.01. The Hall–Kier alpha value is -3.31. The zero-order chi connectivity index (χ0) is 21.1. The van der Waals surface area contributed by atoms with Gasteiger partial charge in [-0.05, 0) is 48.4 Å². The van der Waals surface area contributed by atoms with Crippen molar-refractivity contribution in [1.82, 2.24) is 5.32 Å². The highest BCUT2D eigenvalue weighted by atomic mass is 16.5. The SMILES string of the molecule is COc1ccc(C2=NC(c3ccc(C)cc3)NC(c3cccc(OC)c3O)C2)cc1. The lowest BCUT2D eigenvalue weighted by Crippen LogP contribution is -2.33. The van der Waals surface area contributed by atoms with Crippen LogP contribution in [0.25, 0.3) is 0 Å². The number of nitrogens with one attached hydrogen (secondary N) is 1. The maximum Gasteiger partial charge on any atom is 0.162 e. The summed E-state index contributed by atoms with van der Waals surface area (Å²) in [5.41, 5.74) is 5.11. The molecule has 0 saturated carbocycles. The Balaban J connectivity index is 1.75. The summed E-state index contributed by atoms with van der Waals surface area (Å²) in [5.74, 6) is 1.44. The Bertz CT molecular complexity index is 1040. The van der Waals surface area contributed by atoms with Gasteiger partial charge in [-0.15, -0.1) is 0 Å². The first-order valence-corrected chi connectivity index (χ1v) is 9.98. The second-order valence-electron chi connectivity index (χ2n) is 7.44. The molecule has 3 aromatic carbocycles. The van der Waals surface area contributed by atoms with Crippen LogP contribution in [0.15, 0.2) is 71.7 Å². The van der Waals surface area contributed by atoms with E-state index >= 15 is 0 Å². The molecule has 0 radical (unpaired) electrons. The third-order valence-corrected chi connectivity index (χ3v) is 5.48. The van der Waals surface area contributed by atoms with E-state index in [0.717, 1.165) is 28.2 Å². The Kier molecular flexibility index (Phi) is 5.72. The van der Waals surface area contributed by atoms with E-state index in [9.17, 15) is 5.11 Å². The first-order valence-electron chi connectivity index (χ1n) is 9.98. The Morgan fingerprint density at radius 3 is 2.33 bits per heavy atom. The molecule has 0 fully saturated rings. The molecule has 1 heterocycles. The van der Waals surface area contributed by atoms with Crippen molar-refractivity contribution in [2.45, 2.75) is 25.6 Å². The molecule has 2 unspecified atom stereocenters. The number of aliphatic imine (C=N–C) groups is 1. The number of para-hydroxylation sites is 1. The molecule has 0 aliphatic carbocycles. The van der Waals surface area contributed by atoms with Gasteiger partial charge in [-0.25, -0.2) is 0 Å². The fourth-order valence-electron chi connectivity index (χ4n) is 3.77. The highest BCUT2D eigenvalue weighted by Crippen LogP contribution is 2.38. The quantitative estimate of drug-likeness (QED) is 0.634. The molecule has 30 heavy (non-hydrogen) atoms. The van der Waals surface area contributed by atoms with Gasteiger partial charge in [0, 0.05) is 23.7 Å². The minimum Gasteiger partial charge on any atom is -0.504 e. The molecule has 3 aromatic rings. The van der Waals surface area contributed by atoms with Gasteiger partial charge in [0.25, 0.3) is 0 Å². The number of phenols is 1. The second kappa shape index (κ2) is 8.59. The van der Waals surface area contributed by atoms with Crippen LogP contribution in [0.1, 0.15) is 40.9 Å². The third-order valence-electron chi connectivity index (χ3n) is 5.48. The van der Waals surface area contributed by atoms with E-state index in [1.807, 2.05) is 36.4 Å². The van der Waals surface area contributed by atoms with Crippen molar-refractivity contribution in [3.8, 4) is 17.2 Å². The van der Waals surface area contributed by atoms with Crippen LogP contribution < -0.4 is 14.8 Å². The van der Waals surface area contributed by atoms with Crippen LogP contribution >= 0.6 is 0 Å². The van der Waals surface area contributed by atoms with Gasteiger partial charge in [0.1, 0.15) is 11.9 Å². The summed E-state index contributed by atoms with van der Waals surface area (Å²) in [5, 5.41) is 14.3. The van der Waals surface area contributed by atoms with Crippen LogP contribution in [-0.2, 0) is 0 Å². The van der Waals surface area contributed by atoms with Crippen LogP contribution in [0, 0.1) is 6.92 Å². The number of ether oxygens (including phenoxy) is 2. The summed E-state index contributed by atoms with van der Waals surface area (Å²) in [4.78, 5) is 5.01. The Morgan fingerprint density at radius 1 is 0.933 bits per heavy atom. The largest absolute Gasteiger partial charge is 0.504 e. The fourth-order valence-corrected chi connectivity index (χ4v) is 3.77. The van der Waals surface area contributed by atoms with E-state index in [0.29, 0.717) is 12.2 Å². The zero-order valence-corrected chi connectivity index (χ0v) is 17.4. The van der Waals surface area contributed by atoms with E-state index in [-0.39, 0.29) is 18.0 Å². The summed E-state index contributed by atoms with van der Waals surface area (Å²) in [7, 11) is 3.22. The molecular formula is C25H26N2O3. The van der Waals surface area contributed by atoms with E-state index in [2.05, 4.69) is 36.5 Å². The van der Waals surface area contributed by atoms with Gasteiger partial charge < -0.3 is 14.6 Å². The Morgan fingerprint density at radius 2 is 1.67 bits per heavy atom. The van der Waals surface area contributed by atoms with E-state index in [1.54, 1.807) is 20.3 Å². The summed E-state index contributed by atoms with van der Waals surface area (Å²) in [6, 6.07) is 21.8. The minimum atomic E-state index is -0.216. The molecule has 0 amide bonds. The molecule has 5 nitrogen and oxygen atoms in total. The molecule has 1 aliphatic heterocycles. The van der Waals surface area contributed by atoms with Crippen LogP contribution in [0.5, 0.6) is 17.2 Å². The number of hydrogen-bond acceptors (Lipinski definition) is 5. The average Bonchev–Trinajstić information content (AvgIpc) is 2.79. The van der Waals surface area contributed by atoms with Crippen molar-refractivity contribution < 1.29 is 14.6 Å². The molecule has 0 bridgehead atoms. The van der Waals surface area contributed by atoms with Gasteiger partial charge in [0.05, 0.1) is 14.2 Å². The summed E-state index contributed by atoms with van der Waals surface area (Å²) < 4.78 is 10.6. The third kappa shape index (κ3) is 4.02. The fraction of sp³-hybridized carbons (Fsp3) is 0.240. The summed E-state index contributed by atoms with van der Waals surface area (Å²) in [6.45, 7) is 2.07.